The van der Waals surface area contributed by atoms with E-state index >= 15 is 0 Å². The van der Waals surface area contributed by atoms with Crippen LogP contribution in [0.5, 0.6) is 0 Å². The fraction of sp³-hybridized carbons (Fsp3) is 0.469. The molecule has 244 valence electrons. The van der Waals surface area contributed by atoms with Crippen LogP contribution in [0.4, 0.5) is 24.9 Å². The van der Waals surface area contributed by atoms with Crippen molar-refractivity contribution in [3.63, 3.8) is 0 Å². The van der Waals surface area contributed by atoms with Crippen molar-refractivity contribution in [3.8, 4) is 6.07 Å². The van der Waals surface area contributed by atoms with Crippen molar-refractivity contribution >= 4 is 44.2 Å². The summed E-state index contributed by atoms with van der Waals surface area (Å²) in [5, 5.41) is 25.0. The van der Waals surface area contributed by atoms with Crippen LogP contribution in [0.1, 0.15) is 53.8 Å². The molecule has 0 atom stereocenters. The lowest BCUT2D eigenvalue weighted by Crippen LogP contribution is -2.72. The predicted molar refractivity (Wildman–Crippen MR) is 172 cm³/mol. The molecule has 9 rings (SSSR count). The van der Waals surface area contributed by atoms with Crippen LogP contribution >= 0.6 is 11.3 Å². The van der Waals surface area contributed by atoms with Crippen LogP contribution in [0.25, 0.3) is 21.1 Å². The van der Waals surface area contributed by atoms with Crippen molar-refractivity contribution in [2.45, 2.75) is 76.3 Å². The Morgan fingerprint density at radius 1 is 1.15 bits per heavy atom. The molecule has 1 aliphatic heterocycles. The number of nitriles is 1. The topological polar surface area (TPSA) is 143 Å². The Labute approximate surface area is 271 Å². The second kappa shape index (κ2) is 10.8. The molecule has 11 nitrogen and oxygen atoms in total. The Morgan fingerprint density at radius 3 is 2.64 bits per heavy atom. The Balaban J connectivity index is 0.905. The van der Waals surface area contributed by atoms with Crippen LogP contribution in [-0.4, -0.2) is 65.5 Å². The smallest absolute Gasteiger partial charge is 0.367 e. The molecule has 0 spiro atoms. The van der Waals surface area contributed by atoms with Crippen LogP contribution in [0.2, 0.25) is 0 Å². The first-order valence-electron chi connectivity index (χ1n) is 15.7. The summed E-state index contributed by atoms with van der Waals surface area (Å²) < 4.78 is 41.0. The number of halogens is 3. The minimum Gasteiger partial charge on any atom is -0.367 e. The van der Waals surface area contributed by atoms with Gasteiger partial charge in [0, 0.05) is 53.5 Å². The highest BCUT2D eigenvalue weighted by molar-refractivity contribution is 7.18. The van der Waals surface area contributed by atoms with E-state index in [4.69, 9.17) is 0 Å². The molecule has 4 N–H and O–H groups in total. The summed E-state index contributed by atoms with van der Waals surface area (Å²) >= 11 is 1.06. The van der Waals surface area contributed by atoms with Crippen LogP contribution in [0.15, 0.2) is 35.4 Å². The van der Waals surface area contributed by atoms with E-state index in [1.807, 2.05) is 6.07 Å². The molecule has 2 bridgehead atoms. The highest BCUT2D eigenvalue weighted by atomic mass is 32.1. The quantitative estimate of drug-likeness (QED) is 0.163. The molecule has 1 saturated heterocycles. The van der Waals surface area contributed by atoms with Gasteiger partial charge in [0.1, 0.15) is 28.7 Å². The number of piperidine rings is 1. The summed E-state index contributed by atoms with van der Waals surface area (Å²) in [6.45, 7) is 5.48. The summed E-state index contributed by atoms with van der Waals surface area (Å²) in [5.74, 6) is 1.07. The number of likely N-dealkylation sites (tertiary alicyclic amines) is 1. The van der Waals surface area contributed by atoms with Gasteiger partial charge in [0.25, 0.3) is 0 Å². The maximum atomic E-state index is 12.9. The van der Waals surface area contributed by atoms with Crippen LogP contribution in [-0.2, 0) is 19.5 Å². The predicted octanol–water partition coefficient (Wildman–Crippen LogP) is 5.45. The number of H-pyrrole nitrogens is 2. The number of anilines is 2. The molecule has 3 saturated carbocycles. The third-order valence-electron chi connectivity index (χ3n) is 10.2. The van der Waals surface area contributed by atoms with Crippen molar-refractivity contribution in [1.82, 2.24) is 34.6 Å². The fourth-order valence-corrected chi connectivity index (χ4v) is 9.17. The molecular weight excluding hydrogens is 629 g/mol. The molecule has 0 unspecified atom stereocenters. The number of thiophene rings is 1. The molecular formula is C32H33F3N10OS. The number of aromatic amines is 2. The van der Waals surface area contributed by atoms with Crippen molar-refractivity contribution in [3.05, 3.63) is 62.8 Å². The Hall–Kier alpha value is -4.42. The molecule has 3 aliphatic carbocycles. The van der Waals surface area contributed by atoms with E-state index in [9.17, 15) is 23.2 Å². The molecule has 47 heavy (non-hydrogen) atoms. The highest BCUT2D eigenvalue weighted by Crippen LogP contribution is 2.69. The van der Waals surface area contributed by atoms with Crippen molar-refractivity contribution < 1.29 is 13.2 Å². The minimum absolute atomic E-state index is 0.0367. The lowest BCUT2D eigenvalue weighted by molar-refractivity contribution is -0.128. The van der Waals surface area contributed by atoms with E-state index < -0.39 is 12.6 Å². The van der Waals surface area contributed by atoms with Crippen LogP contribution in [0, 0.1) is 23.7 Å². The van der Waals surface area contributed by atoms with Gasteiger partial charge < -0.3 is 15.2 Å². The third-order valence-corrected chi connectivity index (χ3v) is 11.2. The second-order valence-electron chi connectivity index (χ2n) is 13.6. The summed E-state index contributed by atoms with van der Waals surface area (Å²) in [6.07, 6.45) is 0.862. The Bertz CT molecular complexity index is 2080. The first-order valence-corrected chi connectivity index (χ1v) is 16.5. The fourth-order valence-electron chi connectivity index (χ4n) is 8.14. The van der Waals surface area contributed by atoms with E-state index in [1.54, 1.807) is 6.07 Å². The summed E-state index contributed by atoms with van der Waals surface area (Å²) in [6, 6.07) is 10.5. The second-order valence-corrected chi connectivity index (χ2v) is 14.7. The normalized spacial score (nSPS) is 23.0. The number of fused-ring (bicyclic) bond motifs is 2. The molecule has 15 heteroatoms. The Kier molecular flexibility index (Phi) is 6.89. The molecule has 1 aromatic carbocycles. The standard InChI is InChI=1S/C32H33F3N10OS/c1-18-19(12-44-6-4-20(5-7-44)39-26-24-9-22(10-32(33,34)35)47-27(24)38-17-37-26)2-3-25-23(18)8-21(11-36)45(25)16-30-13-31(14-30,15-30)41-28-40-29(46)43-42-28/h2-3,8-9,17,20H,4-7,10,12-16H2,1H3,(H,37,38,39)(H3,40,41,42,43,46). The van der Waals surface area contributed by atoms with Crippen molar-refractivity contribution in [2.75, 3.05) is 23.7 Å². The van der Waals surface area contributed by atoms with Gasteiger partial charge in [-0.3, -0.25) is 9.88 Å². The maximum absolute atomic E-state index is 12.9. The number of benzene rings is 1. The molecule has 0 amide bonds. The zero-order chi connectivity index (χ0) is 32.6. The van der Waals surface area contributed by atoms with Crippen LogP contribution in [0.3, 0.4) is 0 Å². The molecule has 5 aromatic rings. The van der Waals surface area contributed by atoms with E-state index in [1.165, 1.54) is 17.5 Å². The van der Waals surface area contributed by atoms with E-state index in [-0.39, 0.29) is 27.6 Å². The number of hydrogen-bond acceptors (Lipinski definition) is 9. The molecule has 4 fully saturated rings. The number of nitrogens with zero attached hydrogens (tertiary/aromatic N) is 6. The molecule has 0 radical (unpaired) electrons. The van der Waals surface area contributed by atoms with Crippen molar-refractivity contribution in [1.29, 1.82) is 5.26 Å². The largest absolute Gasteiger partial charge is 0.393 e. The first-order chi connectivity index (χ1) is 22.5. The van der Waals surface area contributed by atoms with E-state index in [0.29, 0.717) is 27.7 Å². The van der Waals surface area contributed by atoms with Gasteiger partial charge in [0.2, 0.25) is 5.95 Å². The van der Waals surface area contributed by atoms with Crippen LogP contribution < -0.4 is 16.3 Å². The monoisotopic (exact) mass is 662 g/mol. The first kappa shape index (κ1) is 29.9. The summed E-state index contributed by atoms with van der Waals surface area (Å²) in [4.78, 5) is 25.8. The minimum atomic E-state index is -4.26. The van der Waals surface area contributed by atoms with Gasteiger partial charge in [-0.25, -0.2) is 19.9 Å². The van der Waals surface area contributed by atoms with Gasteiger partial charge in [-0.15, -0.1) is 16.4 Å². The SMILES string of the molecule is Cc1c(CN2CCC(Nc3ncnc4sc(CC(F)(F)F)cc34)CC2)ccc2c1cc(C#N)n2CC12CC(Nc3n[nH]c(=O)[nH]3)(C1)C2. The van der Waals surface area contributed by atoms with Gasteiger partial charge in [-0.05, 0) is 73.8 Å². The molecule has 4 aliphatic rings. The third kappa shape index (κ3) is 5.53. The lowest BCUT2D eigenvalue weighted by atomic mass is 9.39. The molecule has 5 heterocycles. The highest BCUT2D eigenvalue weighted by Gasteiger charge is 2.68. The van der Waals surface area contributed by atoms with Gasteiger partial charge >= 0.3 is 11.9 Å². The summed E-state index contributed by atoms with van der Waals surface area (Å²) in [7, 11) is 0. The lowest BCUT2D eigenvalue weighted by Gasteiger charge is -2.70. The van der Waals surface area contributed by atoms with Gasteiger partial charge in [-0.2, -0.15) is 18.4 Å². The van der Waals surface area contributed by atoms with Gasteiger partial charge in [0.15, 0.2) is 0 Å². The van der Waals surface area contributed by atoms with Crippen molar-refractivity contribution in [2.24, 2.45) is 5.41 Å². The number of rotatable bonds is 9. The molecule has 4 aromatic heterocycles. The number of hydrogen-bond donors (Lipinski definition) is 4. The zero-order valence-electron chi connectivity index (χ0n) is 25.7. The van der Waals surface area contributed by atoms with Gasteiger partial charge in [0.05, 0.1) is 11.8 Å². The number of aryl methyl sites for hydroxylation is 1. The number of alkyl halides is 3. The maximum Gasteiger partial charge on any atom is 0.393 e. The zero-order valence-corrected chi connectivity index (χ0v) is 26.5. The van der Waals surface area contributed by atoms with E-state index in [0.717, 1.165) is 80.5 Å². The van der Waals surface area contributed by atoms with E-state index in [2.05, 4.69) is 70.4 Å². The van der Waals surface area contributed by atoms with Gasteiger partial charge in [-0.1, -0.05) is 6.07 Å². The average Bonchev–Trinajstić information content (AvgIpc) is 3.69. The number of aromatic nitrogens is 6. The average molecular weight is 663 g/mol. The summed E-state index contributed by atoms with van der Waals surface area (Å²) in [5.41, 5.74) is 3.95. The Morgan fingerprint density at radius 2 is 1.94 bits per heavy atom. The number of nitrogens with one attached hydrogen (secondary N) is 4.